The number of carbonyl (C=O) groups is 1. The third-order valence-electron chi connectivity index (χ3n) is 3.52. The molecule has 1 atom stereocenters. The van der Waals surface area contributed by atoms with Crippen LogP contribution in [0.15, 0.2) is 29.4 Å². The highest BCUT2D eigenvalue weighted by Gasteiger charge is 2.27. The molecule has 1 aliphatic rings. The molecule has 22 heavy (non-hydrogen) atoms. The molecule has 0 saturated carbocycles. The van der Waals surface area contributed by atoms with Crippen LogP contribution < -0.4 is 0 Å². The van der Waals surface area contributed by atoms with Gasteiger partial charge in [0.2, 0.25) is 0 Å². The number of hydrogen-bond acceptors (Lipinski definition) is 4. The zero-order chi connectivity index (χ0) is 16.2. The van der Waals surface area contributed by atoms with Crippen molar-refractivity contribution >= 4 is 16.9 Å². The van der Waals surface area contributed by atoms with Crippen molar-refractivity contribution in [1.82, 2.24) is 9.88 Å². The first-order chi connectivity index (χ1) is 10.3. The first-order valence-electron chi connectivity index (χ1n) is 7.62. The summed E-state index contributed by atoms with van der Waals surface area (Å²) < 4.78 is 17.6. The van der Waals surface area contributed by atoms with Gasteiger partial charge in [-0.25, -0.2) is 9.78 Å². The highest BCUT2D eigenvalue weighted by atomic mass is 32.2. The van der Waals surface area contributed by atoms with Crippen molar-refractivity contribution in [3.63, 3.8) is 0 Å². The molecule has 0 bridgehead atoms. The standard InChI is InChI=1S/C16H24N2O3S/c1-16(2,3)21-15(19)18-10-7-13(8-11-18)12-22(20)14-6-4-5-9-17-14/h4-6,9,13H,7-8,10-12H2,1-3H3/t22-/m1/s1. The lowest BCUT2D eigenvalue weighted by molar-refractivity contribution is 0.0191. The fourth-order valence-electron chi connectivity index (χ4n) is 2.39. The normalized spacial score (nSPS) is 18.0. The first-order valence-corrected chi connectivity index (χ1v) is 8.94. The fourth-order valence-corrected chi connectivity index (χ4v) is 3.73. The molecule has 1 aliphatic heterocycles. The van der Waals surface area contributed by atoms with Crippen LogP contribution in [0.3, 0.4) is 0 Å². The van der Waals surface area contributed by atoms with Crippen molar-refractivity contribution in [1.29, 1.82) is 0 Å². The number of amides is 1. The molecule has 1 fully saturated rings. The van der Waals surface area contributed by atoms with Gasteiger partial charge in [0.1, 0.15) is 10.6 Å². The quantitative estimate of drug-likeness (QED) is 0.858. The summed E-state index contributed by atoms with van der Waals surface area (Å²) in [6, 6.07) is 5.47. The second-order valence-corrected chi connectivity index (χ2v) is 8.03. The average molecular weight is 324 g/mol. The Balaban J connectivity index is 1.80. The minimum Gasteiger partial charge on any atom is -0.444 e. The van der Waals surface area contributed by atoms with Crippen molar-refractivity contribution in [2.24, 2.45) is 5.92 Å². The summed E-state index contributed by atoms with van der Waals surface area (Å²) in [4.78, 5) is 17.9. The smallest absolute Gasteiger partial charge is 0.410 e. The summed E-state index contributed by atoms with van der Waals surface area (Å²) in [5.41, 5.74) is -0.464. The van der Waals surface area contributed by atoms with Gasteiger partial charge in [-0.1, -0.05) is 6.07 Å². The Morgan fingerprint density at radius 3 is 2.59 bits per heavy atom. The summed E-state index contributed by atoms with van der Waals surface area (Å²) >= 11 is 0. The average Bonchev–Trinajstić information content (AvgIpc) is 2.47. The molecule has 0 spiro atoms. The molecule has 122 valence electrons. The van der Waals surface area contributed by atoms with E-state index in [1.54, 1.807) is 17.2 Å². The van der Waals surface area contributed by atoms with Gasteiger partial charge >= 0.3 is 6.09 Å². The maximum absolute atomic E-state index is 12.3. The second kappa shape index (κ2) is 7.22. The molecule has 1 aromatic rings. The molecule has 5 nitrogen and oxygen atoms in total. The van der Waals surface area contributed by atoms with Crippen LogP contribution in [0.1, 0.15) is 33.6 Å². The van der Waals surface area contributed by atoms with Crippen LogP contribution in [0, 0.1) is 5.92 Å². The molecular formula is C16H24N2O3S. The van der Waals surface area contributed by atoms with Crippen molar-refractivity contribution in [2.75, 3.05) is 18.8 Å². The van der Waals surface area contributed by atoms with Gasteiger partial charge < -0.3 is 9.64 Å². The van der Waals surface area contributed by atoms with Gasteiger partial charge in [-0.05, 0) is 51.7 Å². The van der Waals surface area contributed by atoms with Crippen LogP contribution in [0.25, 0.3) is 0 Å². The van der Waals surface area contributed by atoms with Gasteiger partial charge in [-0.3, -0.25) is 4.21 Å². The fraction of sp³-hybridized carbons (Fsp3) is 0.625. The number of pyridine rings is 1. The largest absolute Gasteiger partial charge is 0.444 e. The lowest BCUT2D eigenvalue weighted by atomic mass is 9.99. The van der Waals surface area contributed by atoms with E-state index >= 15 is 0 Å². The molecule has 1 aromatic heterocycles. The number of likely N-dealkylation sites (tertiary alicyclic amines) is 1. The Labute approximate surface area is 134 Å². The van der Waals surface area contributed by atoms with E-state index in [0.717, 1.165) is 12.8 Å². The zero-order valence-electron chi connectivity index (χ0n) is 13.4. The van der Waals surface area contributed by atoms with E-state index in [2.05, 4.69) is 4.98 Å². The Morgan fingerprint density at radius 2 is 2.05 bits per heavy atom. The van der Waals surface area contributed by atoms with Crippen molar-refractivity contribution in [2.45, 2.75) is 44.2 Å². The maximum atomic E-state index is 12.3. The summed E-state index contributed by atoms with van der Waals surface area (Å²) in [7, 11) is -1.06. The van der Waals surface area contributed by atoms with E-state index in [1.807, 2.05) is 32.9 Å². The summed E-state index contributed by atoms with van der Waals surface area (Å²) in [6.45, 7) is 6.94. The molecule has 6 heteroatoms. The number of rotatable bonds is 3. The predicted molar refractivity (Wildman–Crippen MR) is 86.0 cm³/mol. The molecule has 0 N–H and O–H groups in total. The summed E-state index contributed by atoms with van der Waals surface area (Å²) in [5, 5.41) is 0.636. The SMILES string of the molecule is CC(C)(C)OC(=O)N1CCC(C[S@@](=O)c2ccccn2)CC1. The maximum Gasteiger partial charge on any atom is 0.410 e. The van der Waals surface area contributed by atoms with E-state index in [1.165, 1.54) is 0 Å². The van der Waals surface area contributed by atoms with Crippen LogP contribution in [-0.2, 0) is 15.5 Å². The van der Waals surface area contributed by atoms with E-state index < -0.39 is 16.4 Å². The van der Waals surface area contributed by atoms with Crippen LogP contribution in [0.4, 0.5) is 4.79 Å². The Morgan fingerprint density at radius 1 is 1.36 bits per heavy atom. The second-order valence-electron chi connectivity index (χ2n) is 6.59. The summed E-state index contributed by atoms with van der Waals surface area (Å²) in [6.07, 6.45) is 3.13. The highest BCUT2D eigenvalue weighted by Crippen LogP contribution is 2.21. The Kier molecular flexibility index (Phi) is 5.56. The number of ether oxygens (including phenoxy) is 1. The zero-order valence-corrected chi connectivity index (χ0v) is 14.3. The Bertz CT molecular complexity index is 520. The van der Waals surface area contributed by atoms with Gasteiger partial charge in [0, 0.05) is 25.0 Å². The van der Waals surface area contributed by atoms with Crippen LogP contribution in [-0.4, -0.2) is 44.6 Å². The van der Waals surface area contributed by atoms with Crippen molar-refractivity contribution in [3.05, 3.63) is 24.4 Å². The Hall–Kier alpha value is -1.43. The van der Waals surface area contributed by atoms with Crippen LogP contribution >= 0.6 is 0 Å². The van der Waals surface area contributed by atoms with E-state index in [0.29, 0.717) is 29.8 Å². The minimum absolute atomic E-state index is 0.253. The van der Waals surface area contributed by atoms with Gasteiger partial charge in [-0.2, -0.15) is 0 Å². The molecule has 1 saturated heterocycles. The number of hydrogen-bond donors (Lipinski definition) is 0. The van der Waals surface area contributed by atoms with Crippen molar-refractivity contribution < 1.29 is 13.7 Å². The molecule has 2 heterocycles. The van der Waals surface area contributed by atoms with Gasteiger partial charge in [0.15, 0.2) is 0 Å². The highest BCUT2D eigenvalue weighted by molar-refractivity contribution is 7.84. The molecule has 0 radical (unpaired) electrons. The molecule has 0 aliphatic carbocycles. The van der Waals surface area contributed by atoms with Crippen LogP contribution in [0.5, 0.6) is 0 Å². The third kappa shape index (κ3) is 5.09. The summed E-state index contributed by atoms with van der Waals surface area (Å²) in [5.74, 6) is 0.973. The number of nitrogens with zero attached hydrogens (tertiary/aromatic N) is 2. The van der Waals surface area contributed by atoms with E-state index in [9.17, 15) is 9.00 Å². The lowest BCUT2D eigenvalue weighted by Crippen LogP contribution is -2.42. The molecule has 2 rings (SSSR count). The molecule has 1 amide bonds. The van der Waals surface area contributed by atoms with Crippen LogP contribution in [0.2, 0.25) is 0 Å². The molecule has 0 unspecified atom stereocenters. The van der Waals surface area contributed by atoms with E-state index in [-0.39, 0.29) is 6.09 Å². The number of carbonyl (C=O) groups excluding carboxylic acids is 1. The van der Waals surface area contributed by atoms with Gasteiger partial charge in [0.25, 0.3) is 0 Å². The lowest BCUT2D eigenvalue weighted by Gasteiger charge is -2.33. The third-order valence-corrected chi connectivity index (χ3v) is 5.01. The molecule has 0 aromatic carbocycles. The topological polar surface area (TPSA) is 59.5 Å². The van der Waals surface area contributed by atoms with Gasteiger partial charge in [-0.15, -0.1) is 0 Å². The predicted octanol–water partition coefficient (Wildman–Crippen LogP) is 2.84. The van der Waals surface area contributed by atoms with Crippen molar-refractivity contribution in [3.8, 4) is 0 Å². The number of aromatic nitrogens is 1. The monoisotopic (exact) mass is 324 g/mol. The van der Waals surface area contributed by atoms with E-state index in [4.69, 9.17) is 4.74 Å². The number of piperidine rings is 1. The minimum atomic E-state index is -1.06. The first kappa shape index (κ1) is 16.9. The van der Waals surface area contributed by atoms with Gasteiger partial charge in [0.05, 0.1) is 10.8 Å². The molecular weight excluding hydrogens is 300 g/mol.